The van der Waals surface area contributed by atoms with Gasteiger partial charge in [-0.1, -0.05) is 30.3 Å². The number of para-hydroxylation sites is 2. The maximum absolute atomic E-state index is 13.1. The summed E-state index contributed by atoms with van der Waals surface area (Å²) in [6.07, 6.45) is 4.19. The molecule has 0 aliphatic heterocycles. The van der Waals surface area contributed by atoms with E-state index in [0.29, 0.717) is 13.0 Å². The maximum atomic E-state index is 13.1. The third-order valence-electron chi connectivity index (χ3n) is 4.90. The van der Waals surface area contributed by atoms with Gasteiger partial charge in [-0.2, -0.15) is 5.10 Å². The van der Waals surface area contributed by atoms with Crippen LogP contribution in [0.25, 0.3) is 5.69 Å². The molecule has 1 heterocycles. The van der Waals surface area contributed by atoms with Gasteiger partial charge >= 0.3 is 0 Å². The van der Waals surface area contributed by atoms with Crippen molar-refractivity contribution in [3.63, 3.8) is 0 Å². The molecule has 168 valence electrons. The Bertz CT molecular complexity index is 1350. The Balaban J connectivity index is 1.40. The van der Waals surface area contributed by atoms with Crippen molar-refractivity contribution in [2.45, 2.75) is 11.3 Å². The Labute approximate surface area is 190 Å². The van der Waals surface area contributed by atoms with E-state index in [1.807, 2.05) is 36.5 Å². The lowest BCUT2D eigenvalue weighted by Crippen LogP contribution is -2.27. The molecule has 0 saturated heterocycles. The molecule has 4 aromatic rings. The Morgan fingerprint density at radius 2 is 1.64 bits per heavy atom. The number of anilines is 1. The number of amides is 1. The molecule has 3 aromatic carbocycles. The fraction of sp³-hybridized carbons (Fsp3) is 0.0833. The van der Waals surface area contributed by atoms with Gasteiger partial charge in [-0.15, -0.1) is 0 Å². The number of halogens is 1. The normalized spacial score (nSPS) is 11.2. The van der Waals surface area contributed by atoms with Crippen molar-refractivity contribution in [1.82, 2.24) is 15.1 Å². The highest BCUT2D eigenvalue weighted by atomic mass is 32.2. The van der Waals surface area contributed by atoms with Crippen LogP contribution >= 0.6 is 0 Å². The minimum atomic E-state index is -3.98. The summed E-state index contributed by atoms with van der Waals surface area (Å²) in [6, 6.07) is 20.4. The van der Waals surface area contributed by atoms with E-state index in [4.69, 9.17) is 0 Å². The van der Waals surface area contributed by atoms with Crippen LogP contribution in [-0.4, -0.2) is 30.7 Å². The van der Waals surface area contributed by atoms with Crippen molar-refractivity contribution >= 4 is 21.6 Å². The topological polar surface area (TPSA) is 93.1 Å². The van der Waals surface area contributed by atoms with E-state index in [1.54, 1.807) is 23.0 Å². The maximum Gasteiger partial charge on any atom is 0.261 e. The molecule has 0 aliphatic carbocycles. The Kier molecular flexibility index (Phi) is 6.50. The van der Waals surface area contributed by atoms with Gasteiger partial charge in [0.1, 0.15) is 5.82 Å². The highest BCUT2D eigenvalue weighted by Gasteiger charge is 2.18. The molecule has 0 aliphatic rings. The van der Waals surface area contributed by atoms with E-state index >= 15 is 0 Å². The number of nitrogens with zero attached hydrogens (tertiary/aromatic N) is 2. The first-order valence-electron chi connectivity index (χ1n) is 10.2. The summed E-state index contributed by atoms with van der Waals surface area (Å²) in [5.41, 5.74) is 2.21. The third kappa shape index (κ3) is 5.45. The second-order valence-electron chi connectivity index (χ2n) is 7.24. The summed E-state index contributed by atoms with van der Waals surface area (Å²) in [4.78, 5) is 12.6. The van der Waals surface area contributed by atoms with E-state index in [-0.39, 0.29) is 16.1 Å². The summed E-state index contributed by atoms with van der Waals surface area (Å²) >= 11 is 0. The predicted octanol–water partition coefficient (Wildman–Crippen LogP) is 3.78. The van der Waals surface area contributed by atoms with E-state index in [1.165, 1.54) is 12.1 Å². The van der Waals surface area contributed by atoms with Crippen LogP contribution in [0.4, 0.5) is 10.1 Å². The van der Waals surface area contributed by atoms with Crippen molar-refractivity contribution in [2.75, 3.05) is 11.3 Å². The molecule has 1 aromatic heterocycles. The highest BCUT2D eigenvalue weighted by Crippen LogP contribution is 2.20. The minimum absolute atomic E-state index is 0.102. The SMILES string of the molecule is O=C(NCCc1cnn(-c2ccccc2)c1)c1ccccc1NS(=O)(=O)c1ccc(F)cc1. The van der Waals surface area contributed by atoms with E-state index in [0.717, 1.165) is 35.5 Å². The molecule has 1 amide bonds. The van der Waals surface area contributed by atoms with E-state index in [9.17, 15) is 17.6 Å². The lowest BCUT2D eigenvalue weighted by atomic mass is 10.1. The number of rotatable bonds is 8. The Morgan fingerprint density at radius 1 is 0.939 bits per heavy atom. The van der Waals surface area contributed by atoms with Crippen LogP contribution in [0.1, 0.15) is 15.9 Å². The van der Waals surface area contributed by atoms with E-state index < -0.39 is 21.7 Å². The molecule has 9 heteroatoms. The van der Waals surface area contributed by atoms with Gasteiger partial charge in [-0.05, 0) is 60.5 Å². The summed E-state index contributed by atoms with van der Waals surface area (Å²) in [5, 5.41) is 7.14. The number of nitrogens with one attached hydrogen (secondary N) is 2. The molecule has 0 atom stereocenters. The summed E-state index contributed by atoms with van der Waals surface area (Å²) < 4.78 is 42.6. The van der Waals surface area contributed by atoms with Crippen molar-refractivity contribution in [3.8, 4) is 5.69 Å². The average Bonchev–Trinajstić information content (AvgIpc) is 3.29. The van der Waals surface area contributed by atoms with Crippen LogP contribution in [0.5, 0.6) is 0 Å². The van der Waals surface area contributed by atoms with Gasteiger partial charge in [-0.25, -0.2) is 17.5 Å². The van der Waals surface area contributed by atoms with Gasteiger partial charge < -0.3 is 5.32 Å². The number of hydrogen-bond donors (Lipinski definition) is 2. The molecule has 2 N–H and O–H groups in total. The first-order chi connectivity index (χ1) is 15.9. The zero-order chi connectivity index (χ0) is 23.3. The zero-order valence-corrected chi connectivity index (χ0v) is 18.3. The van der Waals surface area contributed by atoms with Crippen LogP contribution < -0.4 is 10.0 Å². The Morgan fingerprint density at radius 3 is 2.39 bits per heavy atom. The molecule has 0 spiro atoms. The first-order valence-corrected chi connectivity index (χ1v) is 11.7. The molecule has 0 bridgehead atoms. The van der Waals surface area contributed by atoms with Crippen LogP contribution in [0.2, 0.25) is 0 Å². The molecule has 0 radical (unpaired) electrons. The summed E-state index contributed by atoms with van der Waals surface area (Å²) in [7, 11) is -3.98. The molecule has 0 saturated carbocycles. The van der Waals surface area contributed by atoms with Crippen molar-refractivity contribution in [2.24, 2.45) is 0 Å². The third-order valence-corrected chi connectivity index (χ3v) is 6.28. The van der Waals surface area contributed by atoms with Gasteiger partial charge in [-0.3, -0.25) is 9.52 Å². The highest BCUT2D eigenvalue weighted by molar-refractivity contribution is 7.92. The molecule has 0 fully saturated rings. The first kappa shape index (κ1) is 22.2. The lowest BCUT2D eigenvalue weighted by molar-refractivity contribution is 0.0955. The number of aromatic nitrogens is 2. The average molecular weight is 465 g/mol. The fourth-order valence-electron chi connectivity index (χ4n) is 3.21. The second kappa shape index (κ2) is 9.66. The van der Waals surface area contributed by atoms with Gasteiger partial charge in [0, 0.05) is 12.7 Å². The van der Waals surface area contributed by atoms with Crippen molar-refractivity contribution in [3.05, 3.63) is 108 Å². The molecular weight excluding hydrogens is 443 g/mol. The van der Waals surface area contributed by atoms with Crippen LogP contribution in [0.3, 0.4) is 0 Å². The smallest absolute Gasteiger partial charge is 0.261 e. The van der Waals surface area contributed by atoms with Gasteiger partial charge in [0.05, 0.1) is 28.0 Å². The van der Waals surface area contributed by atoms with Crippen molar-refractivity contribution in [1.29, 1.82) is 0 Å². The summed E-state index contributed by atoms with van der Waals surface area (Å²) in [6.45, 7) is 0.346. The number of carbonyl (C=O) groups is 1. The standard InChI is InChI=1S/C24H21FN4O3S/c25-19-10-12-21(13-11-19)33(31,32)28-23-9-5-4-8-22(23)24(30)26-15-14-18-16-27-29(17-18)20-6-2-1-3-7-20/h1-13,16-17,28H,14-15H2,(H,26,30). The number of benzene rings is 3. The molecule has 4 rings (SSSR count). The minimum Gasteiger partial charge on any atom is -0.352 e. The van der Waals surface area contributed by atoms with Crippen LogP contribution in [0, 0.1) is 5.82 Å². The van der Waals surface area contributed by atoms with Gasteiger partial charge in [0.15, 0.2) is 0 Å². The molecular formula is C24H21FN4O3S. The Hall–Kier alpha value is -3.98. The molecule has 33 heavy (non-hydrogen) atoms. The monoisotopic (exact) mass is 464 g/mol. The number of hydrogen-bond acceptors (Lipinski definition) is 4. The lowest BCUT2D eigenvalue weighted by Gasteiger charge is -2.13. The fourth-order valence-corrected chi connectivity index (χ4v) is 4.29. The largest absolute Gasteiger partial charge is 0.352 e. The number of sulfonamides is 1. The molecule has 0 unspecified atom stereocenters. The van der Waals surface area contributed by atoms with Crippen molar-refractivity contribution < 1.29 is 17.6 Å². The number of carbonyl (C=O) groups excluding carboxylic acids is 1. The summed E-state index contributed by atoms with van der Waals surface area (Å²) in [5.74, 6) is -0.953. The van der Waals surface area contributed by atoms with Crippen LogP contribution in [0.15, 0.2) is 96.2 Å². The second-order valence-corrected chi connectivity index (χ2v) is 8.92. The molecule has 7 nitrogen and oxygen atoms in total. The van der Waals surface area contributed by atoms with Gasteiger partial charge in [0.2, 0.25) is 0 Å². The van der Waals surface area contributed by atoms with Gasteiger partial charge in [0.25, 0.3) is 15.9 Å². The van der Waals surface area contributed by atoms with Crippen LogP contribution in [-0.2, 0) is 16.4 Å². The predicted molar refractivity (Wildman–Crippen MR) is 123 cm³/mol. The zero-order valence-electron chi connectivity index (χ0n) is 17.5. The van der Waals surface area contributed by atoms with E-state index in [2.05, 4.69) is 15.1 Å². The quantitative estimate of drug-likeness (QED) is 0.415.